The summed E-state index contributed by atoms with van der Waals surface area (Å²) >= 11 is 0. The van der Waals surface area contributed by atoms with Gasteiger partial charge in [0.25, 0.3) is 10.1 Å². The van der Waals surface area contributed by atoms with E-state index in [0.717, 1.165) is 6.26 Å². The minimum Gasteiger partial charge on any atom is -0.464 e. The molecule has 0 bridgehead atoms. The number of ether oxygens (including phenoxy) is 2. The van der Waals surface area contributed by atoms with E-state index in [-0.39, 0.29) is 18.7 Å². The molecule has 0 unspecified atom stereocenters. The molecular weight excluding hydrogens is 248 g/mol. The zero-order chi connectivity index (χ0) is 13.1. The first-order valence-electron chi connectivity index (χ1n) is 5.49. The Hall–Kier alpha value is -0.660. The lowest BCUT2D eigenvalue weighted by atomic mass is 10.0. The summed E-state index contributed by atoms with van der Waals surface area (Å²) in [4.78, 5) is 11.5. The van der Waals surface area contributed by atoms with Gasteiger partial charge in [0.05, 0.1) is 25.6 Å². The molecule has 0 aromatic heterocycles. The van der Waals surface area contributed by atoms with E-state index in [1.165, 1.54) is 0 Å². The van der Waals surface area contributed by atoms with Crippen LogP contribution < -0.4 is 0 Å². The molecule has 0 aromatic carbocycles. The number of epoxide rings is 1. The normalized spacial score (nSPS) is 27.8. The van der Waals surface area contributed by atoms with Gasteiger partial charge in [-0.25, -0.2) is 4.79 Å². The number of rotatable bonds is 7. The van der Waals surface area contributed by atoms with Crippen LogP contribution in [0, 0.1) is 0 Å². The molecule has 100 valence electrons. The van der Waals surface area contributed by atoms with E-state index in [4.69, 9.17) is 9.47 Å². The van der Waals surface area contributed by atoms with Crippen molar-refractivity contribution in [2.24, 2.45) is 0 Å². The first-order valence-corrected chi connectivity index (χ1v) is 7.30. The van der Waals surface area contributed by atoms with Crippen LogP contribution in [0.1, 0.15) is 26.7 Å². The first kappa shape index (κ1) is 14.4. The average molecular weight is 266 g/mol. The second kappa shape index (κ2) is 5.32. The first-order chi connectivity index (χ1) is 7.79. The third kappa shape index (κ3) is 4.25. The van der Waals surface area contributed by atoms with Crippen LogP contribution in [0.15, 0.2) is 0 Å². The van der Waals surface area contributed by atoms with E-state index in [1.54, 1.807) is 13.8 Å². The minimum absolute atomic E-state index is 0.109. The van der Waals surface area contributed by atoms with Gasteiger partial charge in [0.2, 0.25) is 0 Å². The number of esters is 1. The van der Waals surface area contributed by atoms with Crippen molar-refractivity contribution in [2.75, 3.05) is 19.5 Å². The largest absolute Gasteiger partial charge is 0.464 e. The highest BCUT2D eigenvalue weighted by atomic mass is 32.2. The quantitative estimate of drug-likeness (QED) is 0.288. The van der Waals surface area contributed by atoms with Crippen LogP contribution >= 0.6 is 0 Å². The summed E-state index contributed by atoms with van der Waals surface area (Å²) in [6.07, 6.45) is 1.89. The maximum Gasteiger partial charge on any atom is 0.340 e. The Morgan fingerprint density at radius 2 is 2.12 bits per heavy atom. The molecule has 0 saturated carbocycles. The van der Waals surface area contributed by atoms with Crippen LogP contribution in [0.5, 0.6) is 0 Å². The maximum absolute atomic E-state index is 11.5. The van der Waals surface area contributed by atoms with Crippen LogP contribution in [0.25, 0.3) is 0 Å². The lowest BCUT2D eigenvalue weighted by Gasteiger charge is -2.05. The second-order valence-electron chi connectivity index (χ2n) is 4.10. The third-order valence-electron chi connectivity index (χ3n) is 2.53. The predicted molar refractivity (Wildman–Crippen MR) is 59.9 cm³/mol. The summed E-state index contributed by atoms with van der Waals surface area (Å²) in [5.74, 6) is -0.367. The third-order valence-corrected chi connectivity index (χ3v) is 3.13. The molecule has 1 fully saturated rings. The molecule has 7 heteroatoms. The Bertz CT molecular complexity index is 376. The highest BCUT2D eigenvalue weighted by Gasteiger charge is 2.59. The van der Waals surface area contributed by atoms with Gasteiger partial charge in [0.15, 0.2) is 5.60 Å². The lowest BCUT2D eigenvalue weighted by Crippen LogP contribution is -2.26. The van der Waals surface area contributed by atoms with Crippen molar-refractivity contribution in [1.29, 1.82) is 0 Å². The van der Waals surface area contributed by atoms with E-state index in [0.29, 0.717) is 19.4 Å². The molecule has 1 heterocycles. The molecule has 2 atom stereocenters. The number of hydrogen-bond donors (Lipinski definition) is 0. The molecule has 0 amide bonds. The second-order valence-corrected chi connectivity index (χ2v) is 5.75. The standard InChI is InChI=1S/C10H18O6S/c1-4-14-9(11)10(2)8(16-10)6-5-7-15-17(3,12)13/h8H,4-7H2,1-3H3/t8-,10-/m1/s1. The molecular formula is C10H18O6S. The SMILES string of the molecule is CCOC(=O)[C@]1(C)O[C@@H]1CCCOS(C)(=O)=O. The van der Waals surface area contributed by atoms with Crippen molar-refractivity contribution in [3.05, 3.63) is 0 Å². The van der Waals surface area contributed by atoms with Crippen molar-refractivity contribution >= 4 is 16.1 Å². The van der Waals surface area contributed by atoms with Crippen LogP contribution in [0.3, 0.4) is 0 Å². The Labute approximate surface area is 101 Å². The smallest absolute Gasteiger partial charge is 0.340 e. The highest BCUT2D eigenvalue weighted by molar-refractivity contribution is 7.85. The predicted octanol–water partition coefficient (Wildman–Crippen LogP) is 0.463. The van der Waals surface area contributed by atoms with Crippen molar-refractivity contribution in [3.63, 3.8) is 0 Å². The van der Waals surface area contributed by atoms with Crippen LogP contribution in [-0.2, 0) is 28.6 Å². The molecule has 1 rings (SSSR count). The van der Waals surface area contributed by atoms with Gasteiger partial charge in [0, 0.05) is 0 Å². The summed E-state index contributed by atoms with van der Waals surface area (Å²) < 4.78 is 36.1. The van der Waals surface area contributed by atoms with Gasteiger partial charge in [-0.05, 0) is 26.7 Å². The molecule has 0 N–H and O–H groups in total. The van der Waals surface area contributed by atoms with Crippen molar-refractivity contribution in [2.45, 2.75) is 38.4 Å². The molecule has 0 aromatic rings. The number of hydrogen-bond acceptors (Lipinski definition) is 6. The summed E-state index contributed by atoms with van der Waals surface area (Å²) in [5, 5.41) is 0. The summed E-state index contributed by atoms with van der Waals surface area (Å²) in [6, 6.07) is 0. The highest BCUT2D eigenvalue weighted by Crippen LogP contribution is 2.40. The molecule has 1 aliphatic heterocycles. The maximum atomic E-state index is 11.5. The van der Waals surface area contributed by atoms with E-state index in [1.807, 2.05) is 0 Å². The molecule has 0 aliphatic carbocycles. The molecule has 0 spiro atoms. The molecule has 17 heavy (non-hydrogen) atoms. The van der Waals surface area contributed by atoms with E-state index in [2.05, 4.69) is 4.18 Å². The summed E-state index contributed by atoms with van der Waals surface area (Å²) in [5.41, 5.74) is -0.860. The van der Waals surface area contributed by atoms with Crippen LogP contribution in [0.2, 0.25) is 0 Å². The molecule has 1 aliphatic rings. The Kier molecular flexibility index (Phi) is 4.51. The van der Waals surface area contributed by atoms with Crippen molar-refractivity contribution in [3.8, 4) is 0 Å². The van der Waals surface area contributed by atoms with Gasteiger partial charge >= 0.3 is 5.97 Å². The summed E-state index contributed by atoms with van der Waals surface area (Å²) in [6.45, 7) is 3.84. The van der Waals surface area contributed by atoms with Gasteiger partial charge in [-0.3, -0.25) is 4.18 Å². The Morgan fingerprint density at radius 3 is 2.65 bits per heavy atom. The van der Waals surface area contributed by atoms with Gasteiger partial charge in [-0.15, -0.1) is 0 Å². The average Bonchev–Trinajstić information content (AvgIpc) is 2.85. The molecule has 6 nitrogen and oxygen atoms in total. The van der Waals surface area contributed by atoms with Crippen molar-refractivity contribution < 1.29 is 26.9 Å². The number of carbonyl (C=O) groups excluding carboxylic acids is 1. The van der Waals surface area contributed by atoms with Crippen LogP contribution in [0.4, 0.5) is 0 Å². The Morgan fingerprint density at radius 1 is 1.47 bits per heavy atom. The van der Waals surface area contributed by atoms with Crippen molar-refractivity contribution in [1.82, 2.24) is 0 Å². The fourth-order valence-electron chi connectivity index (χ4n) is 1.53. The summed E-state index contributed by atoms with van der Waals surface area (Å²) in [7, 11) is -3.39. The lowest BCUT2D eigenvalue weighted by molar-refractivity contribution is -0.148. The topological polar surface area (TPSA) is 82.2 Å². The molecule has 0 radical (unpaired) electrons. The minimum atomic E-state index is -3.39. The van der Waals surface area contributed by atoms with Crippen LogP contribution in [-0.4, -0.2) is 45.6 Å². The molecule has 1 saturated heterocycles. The fraction of sp³-hybridized carbons (Fsp3) is 0.900. The van der Waals surface area contributed by atoms with E-state index >= 15 is 0 Å². The van der Waals surface area contributed by atoms with Gasteiger partial charge < -0.3 is 9.47 Å². The van der Waals surface area contributed by atoms with Gasteiger partial charge in [0.1, 0.15) is 0 Å². The van der Waals surface area contributed by atoms with Gasteiger partial charge in [-0.2, -0.15) is 8.42 Å². The van der Waals surface area contributed by atoms with E-state index in [9.17, 15) is 13.2 Å². The fourth-order valence-corrected chi connectivity index (χ4v) is 1.95. The number of carbonyl (C=O) groups is 1. The van der Waals surface area contributed by atoms with Gasteiger partial charge in [-0.1, -0.05) is 0 Å². The zero-order valence-corrected chi connectivity index (χ0v) is 11.1. The Balaban J connectivity index is 2.22. The van der Waals surface area contributed by atoms with E-state index < -0.39 is 15.7 Å². The zero-order valence-electron chi connectivity index (χ0n) is 10.3. The monoisotopic (exact) mass is 266 g/mol.